The second kappa shape index (κ2) is 6.12. The van der Waals surface area contributed by atoms with E-state index in [-0.39, 0.29) is 11.9 Å². The molecule has 0 saturated carbocycles. The number of nitrogens with one attached hydrogen (secondary N) is 1. The number of primary amides is 1. The predicted octanol–water partition coefficient (Wildman–Crippen LogP) is 0.837. The Bertz CT molecular complexity index is 353. The second-order valence-electron chi connectivity index (χ2n) is 3.65. The van der Waals surface area contributed by atoms with E-state index in [1.807, 2.05) is 31.2 Å². The minimum atomic E-state index is -0.351. The van der Waals surface area contributed by atoms with Crippen molar-refractivity contribution in [1.82, 2.24) is 5.32 Å². The van der Waals surface area contributed by atoms with E-state index in [2.05, 4.69) is 5.32 Å². The van der Waals surface area contributed by atoms with Gasteiger partial charge in [-0.15, -0.1) is 0 Å². The molecule has 1 aromatic rings. The van der Waals surface area contributed by atoms with Crippen LogP contribution in [0.3, 0.4) is 0 Å². The lowest BCUT2D eigenvalue weighted by molar-refractivity contribution is -0.120. The Morgan fingerprint density at radius 2 is 2.19 bits per heavy atom. The summed E-state index contributed by atoms with van der Waals surface area (Å²) < 4.78 is 5.57. The summed E-state index contributed by atoms with van der Waals surface area (Å²) in [7, 11) is 1.71. The largest absolute Gasteiger partial charge is 0.493 e. The molecular formula is C12H18N2O2. The van der Waals surface area contributed by atoms with Gasteiger partial charge < -0.3 is 15.8 Å². The first-order chi connectivity index (χ1) is 7.65. The Morgan fingerprint density at radius 3 is 2.75 bits per heavy atom. The van der Waals surface area contributed by atoms with Gasteiger partial charge in [-0.05, 0) is 25.6 Å². The topological polar surface area (TPSA) is 64.3 Å². The first kappa shape index (κ1) is 12.5. The van der Waals surface area contributed by atoms with Crippen LogP contribution in [0.1, 0.15) is 12.0 Å². The number of carbonyl (C=O) groups is 1. The van der Waals surface area contributed by atoms with Crippen molar-refractivity contribution >= 4 is 5.91 Å². The first-order valence-electron chi connectivity index (χ1n) is 5.30. The van der Waals surface area contributed by atoms with Gasteiger partial charge in [0.05, 0.1) is 12.6 Å². The lowest BCUT2D eigenvalue weighted by atomic mass is 10.2. The number of aryl methyl sites for hydroxylation is 1. The van der Waals surface area contributed by atoms with Gasteiger partial charge >= 0.3 is 0 Å². The Morgan fingerprint density at radius 1 is 1.50 bits per heavy atom. The Balaban J connectivity index is 2.41. The zero-order valence-corrected chi connectivity index (χ0v) is 9.69. The van der Waals surface area contributed by atoms with E-state index in [0.717, 1.165) is 11.3 Å². The zero-order valence-electron chi connectivity index (χ0n) is 9.69. The number of para-hydroxylation sites is 1. The third kappa shape index (κ3) is 3.55. The molecule has 1 amide bonds. The van der Waals surface area contributed by atoms with E-state index in [1.54, 1.807) is 7.05 Å². The summed E-state index contributed by atoms with van der Waals surface area (Å²) in [6.45, 7) is 2.46. The number of hydrogen-bond donors (Lipinski definition) is 2. The van der Waals surface area contributed by atoms with Crippen LogP contribution in [0.2, 0.25) is 0 Å². The average molecular weight is 222 g/mol. The summed E-state index contributed by atoms with van der Waals surface area (Å²) in [6, 6.07) is 7.45. The number of ether oxygens (including phenoxy) is 1. The first-order valence-corrected chi connectivity index (χ1v) is 5.30. The predicted molar refractivity (Wildman–Crippen MR) is 63.3 cm³/mol. The molecule has 0 aromatic heterocycles. The number of amides is 1. The maximum atomic E-state index is 10.9. The molecule has 3 N–H and O–H groups in total. The molecule has 0 spiro atoms. The van der Waals surface area contributed by atoms with Gasteiger partial charge in [0.15, 0.2) is 0 Å². The van der Waals surface area contributed by atoms with E-state index in [1.165, 1.54) is 0 Å². The summed E-state index contributed by atoms with van der Waals surface area (Å²) in [5.41, 5.74) is 6.29. The lowest BCUT2D eigenvalue weighted by Crippen LogP contribution is -2.40. The van der Waals surface area contributed by atoms with Gasteiger partial charge in [-0.3, -0.25) is 4.79 Å². The molecule has 0 bridgehead atoms. The lowest BCUT2D eigenvalue weighted by Gasteiger charge is -2.13. The van der Waals surface area contributed by atoms with Crippen LogP contribution >= 0.6 is 0 Å². The molecule has 4 nitrogen and oxygen atoms in total. The molecule has 1 atom stereocenters. The van der Waals surface area contributed by atoms with Gasteiger partial charge in [0, 0.05) is 6.42 Å². The second-order valence-corrected chi connectivity index (χ2v) is 3.65. The minimum absolute atomic E-state index is 0.330. The third-order valence-electron chi connectivity index (χ3n) is 2.45. The van der Waals surface area contributed by atoms with Crippen molar-refractivity contribution in [2.45, 2.75) is 19.4 Å². The summed E-state index contributed by atoms with van der Waals surface area (Å²) in [5, 5.41) is 2.85. The van der Waals surface area contributed by atoms with Crippen LogP contribution in [0, 0.1) is 6.92 Å². The highest BCUT2D eigenvalue weighted by Gasteiger charge is 2.12. The van der Waals surface area contributed by atoms with E-state index < -0.39 is 0 Å². The van der Waals surface area contributed by atoms with E-state index in [0.29, 0.717) is 13.0 Å². The number of benzene rings is 1. The zero-order chi connectivity index (χ0) is 12.0. The van der Waals surface area contributed by atoms with Crippen molar-refractivity contribution in [2.75, 3.05) is 13.7 Å². The molecule has 0 aliphatic heterocycles. The summed E-state index contributed by atoms with van der Waals surface area (Å²) in [5.74, 6) is 0.498. The molecule has 0 heterocycles. The average Bonchev–Trinajstić information content (AvgIpc) is 2.26. The van der Waals surface area contributed by atoms with Crippen LogP contribution in [0.25, 0.3) is 0 Å². The quantitative estimate of drug-likeness (QED) is 0.749. The van der Waals surface area contributed by atoms with E-state index in [4.69, 9.17) is 10.5 Å². The van der Waals surface area contributed by atoms with Gasteiger partial charge in [-0.25, -0.2) is 0 Å². The Kier molecular flexibility index (Phi) is 4.79. The highest BCUT2D eigenvalue weighted by molar-refractivity contribution is 5.79. The van der Waals surface area contributed by atoms with Crippen LogP contribution in [-0.2, 0) is 4.79 Å². The number of nitrogens with two attached hydrogens (primary N) is 1. The number of hydrogen-bond acceptors (Lipinski definition) is 3. The third-order valence-corrected chi connectivity index (χ3v) is 2.45. The van der Waals surface area contributed by atoms with Crippen LogP contribution < -0.4 is 15.8 Å². The maximum absolute atomic E-state index is 10.9. The van der Waals surface area contributed by atoms with Gasteiger partial charge in [0.1, 0.15) is 5.75 Å². The normalized spacial score (nSPS) is 12.1. The van der Waals surface area contributed by atoms with Crippen LogP contribution in [0.5, 0.6) is 5.75 Å². The molecule has 88 valence electrons. The van der Waals surface area contributed by atoms with Gasteiger partial charge in [0.25, 0.3) is 0 Å². The molecule has 1 aromatic carbocycles. The van der Waals surface area contributed by atoms with Crippen LogP contribution in [0.15, 0.2) is 24.3 Å². The minimum Gasteiger partial charge on any atom is -0.493 e. The summed E-state index contributed by atoms with van der Waals surface area (Å²) in [4.78, 5) is 10.9. The molecule has 1 rings (SSSR count). The fraction of sp³-hybridized carbons (Fsp3) is 0.417. The fourth-order valence-corrected chi connectivity index (χ4v) is 1.43. The van der Waals surface area contributed by atoms with Gasteiger partial charge in [-0.1, -0.05) is 18.2 Å². The summed E-state index contributed by atoms with van der Waals surface area (Å²) >= 11 is 0. The fourth-order valence-electron chi connectivity index (χ4n) is 1.43. The molecule has 0 aliphatic carbocycles. The summed E-state index contributed by atoms with van der Waals surface area (Å²) in [6.07, 6.45) is 0.570. The van der Waals surface area contributed by atoms with Crippen molar-refractivity contribution in [1.29, 1.82) is 0 Å². The van der Waals surface area contributed by atoms with E-state index in [9.17, 15) is 4.79 Å². The molecule has 0 fully saturated rings. The monoisotopic (exact) mass is 222 g/mol. The maximum Gasteiger partial charge on any atom is 0.234 e. The van der Waals surface area contributed by atoms with Gasteiger partial charge in [-0.2, -0.15) is 0 Å². The van der Waals surface area contributed by atoms with Gasteiger partial charge in [0.2, 0.25) is 5.91 Å². The smallest absolute Gasteiger partial charge is 0.234 e. The highest BCUT2D eigenvalue weighted by atomic mass is 16.5. The Labute approximate surface area is 95.8 Å². The number of carbonyl (C=O) groups excluding carboxylic acids is 1. The molecule has 1 unspecified atom stereocenters. The molecule has 0 radical (unpaired) electrons. The van der Waals surface area contributed by atoms with Crippen molar-refractivity contribution in [3.8, 4) is 5.75 Å². The van der Waals surface area contributed by atoms with Crippen molar-refractivity contribution in [2.24, 2.45) is 5.73 Å². The highest BCUT2D eigenvalue weighted by Crippen LogP contribution is 2.16. The molecule has 0 aliphatic rings. The standard InChI is InChI=1S/C12H18N2O2/c1-9-5-3-4-6-11(9)16-8-7-10(14-2)12(13)15/h3-6,10,14H,7-8H2,1-2H3,(H2,13,15). The van der Waals surface area contributed by atoms with Crippen molar-refractivity contribution in [3.05, 3.63) is 29.8 Å². The SMILES string of the molecule is CNC(CCOc1ccccc1C)C(N)=O. The Hall–Kier alpha value is -1.55. The van der Waals surface area contributed by atoms with Crippen molar-refractivity contribution in [3.63, 3.8) is 0 Å². The van der Waals surface area contributed by atoms with Crippen molar-refractivity contribution < 1.29 is 9.53 Å². The van der Waals surface area contributed by atoms with Crippen LogP contribution in [-0.4, -0.2) is 25.6 Å². The molecule has 16 heavy (non-hydrogen) atoms. The number of rotatable bonds is 6. The van der Waals surface area contributed by atoms with E-state index >= 15 is 0 Å². The molecular weight excluding hydrogens is 204 g/mol. The number of likely N-dealkylation sites (N-methyl/N-ethyl adjacent to an activating group) is 1. The molecule has 4 heteroatoms. The van der Waals surface area contributed by atoms with Crippen LogP contribution in [0.4, 0.5) is 0 Å². The molecule has 0 saturated heterocycles.